The van der Waals surface area contributed by atoms with Crippen molar-refractivity contribution in [1.29, 1.82) is 5.26 Å². The third-order valence-electron chi connectivity index (χ3n) is 6.23. The number of likely N-dealkylation sites (tertiary alicyclic amines) is 1. The van der Waals surface area contributed by atoms with Crippen LogP contribution in [-0.4, -0.2) is 40.7 Å². The van der Waals surface area contributed by atoms with Crippen molar-refractivity contribution in [2.75, 3.05) is 13.1 Å². The van der Waals surface area contributed by atoms with Crippen LogP contribution in [0.3, 0.4) is 0 Å². The second-order valence-corrected chi connectivity index (χ2v) is 9.03. The average molecular weight is 398 g/mol. The van der Waals surface area contributed by atoms with Crippen molar-refractivity contribution in [3.63, 3.8) is 0 Å². The summed E-state index contributed by atoms with van der Waals surface area (Å²) in [7, 11) is 0. The first kappa shape index (κ1) is 21.6. The van der Waals surface area contributed by atoms with E-state index in [1.165, 1.54) is 25.7 Å². The maximum absolute atomic E-state index is 13.0. The number of hydrogen-bond acceptors (Lipinski definition) is 3. The van der Waals surface area contributed by atoms with Crippen LogP contribution in [0, 0.1) is 31.1 Å². The van der Waals surface area contributed by atoms with E-state index in [4.69, 9.17) is 4.74 Å². The van der Waals surface area contributed by atoms with Crippen molar-refractivity contribution in [2.24, 2.45) is 5.92 Å². The molecule has 29 heavy (non-hydrogen) atoms. The van der Waals surface area contributed by atoms with Gasteiger partial charge in [-0.15, -0.1) is 0 Å². The minimum Gasteiger partial charge on any atom is -0.375 e. The lowest BCUT2D eigenvalue weighted by Crippen LogP contribution is -2.42. The number of carbonyl (C=O) groups excluding carboxylic acids is 1. The maximum Gasteiger partial charge on any atom is 0.264 e. The molecule has 0 aromatic carbocycles. The highest BCUT2D eigenvalue weighted by Gasteiger charge is 2.28. The quantitative estimate of drug-likeness (QED) is 0.520. The van der Waals surface area contributed by atoms with Gasteiger partial charge in [-0.3, -0.25) is 4.79 Å². The topological polar surface area (TPSA) is 58.3 Å². The molecule has 1 aromatic rings. The zero-order valence-electron chi connectivity index (χ0n) is 18.4. The summed E-state index contributed by atoms with van der Waals surface area (Å²) in [6, 6.07) is 4.22. The standard InChI is InChI=1S/C24H35N3O2/c1-17(2)16-27-18(3)13-20(19(27)4)14-21(15-25)24(28)26-11-9-23(10-12-26)29-22-7-5-6-8-22/h13-14,17,22-23H,5-12,16H2,1-4H3/b21-14-. The van der Waals surface area contributed by atoms with E-state index in [9.17, 15) is 10.1 Å². The molecular formula is C24H35N3O2. The predicted molar refractivity (Wildman–Crippen MR) is 115 cm³/mol. The molecule has 158 valence electrons. The Morgan fingerprint density at radius 3 is 2.41 bits per heavy atom. The lowest BCUT2D eigenvalue weighted by Gasteiger charge is -2.33. The van der Waals surface area contributed by atoms with Crippen molar-refractivity contribution >= 4 is 12.0 Å². The van der Waals surface area contributed by atoms with Gasteiger partial charge in [0.2, 0.25) is 0 Å². The van der Waals surface area contributed by atoms with E-state index in [2.05, 4.69) is 44.4 Å². The molecule has 0 spiro atoms. The van der Waals surface area contributed by atoms with E-state index < -0.39 is 0 Å². The van der Waals surface area contributed by atoms with E-state index in [1.54, 1.807) is 6.08 Å². The minimum absolute atomic E-state index is 0.152. The molecule has 5 nitrogen and oxygen atoms in total. The van der Waals surface area contributed by atoms with E-state index in [1.807, 2.05) is 4.90 Å². The van der Waals surface area contributed by atoms with Crippen LogP contribution in [-0.2, 0) is 16.1 Å². The minimum atomic E-state index is -0.152. The maximum atomic E-state index is 13.0. The molecule has 0 unspecified atom stereocenters. The Morgan fingerprint density at radius 1 is 1.21 bits per heavy atom. The number of aryl methyl sites for hydroxylation is 1. The molecule has 1 aromatic heterocycles. The Kier molecular flexibility index (Phi) is 7.18. The van der Waals surface area contributed by atoms with Gasteiger partial charge in [-0.25, -0.2) is 0 Å². The van der Waals surface area contributed by atoms with Crippen LogP contribution >= 0.6 is 0 Å². The molecule has 2 fully saturated rings. The lowest BCUT2D eigenvalue weighted by atomic mass is 10.0. The molecule has 1 amide bonds. The largest absolute Gasteiger partial charge is 0.375 e. The first-order valence-corrected chi connectivity index (χ1v) is 11.1. The van der Waals surface area contributed by atoms with E-state index in [-0.39, 0.29) is 17.6 Å². The molecule has 1 saturated carbocycles. The second-order valence-electron chi connectivity index (χ2n) is 9.03. The highest BCUT2D eigenvalue weighted by Crippen LogP contribution is 2.26. The fraction of sp³-hybridized carbons (Fsp3) is 0.667. The number of carbonyl (C=O) groups is 1. The van der Waals surface area contributed by atoms with Gasteiger partial charge in [0.1, 0.15) is 11.6 Å². The van der Waals surface area contributed by atoms with Crippen molar-refractivity contribution in [2.45, 2.75) is 85.0 Å². The summed E-state index contributed by atoms with van der Waals surface area (Å²) < 4.78 is 8.47. The molecule has 0 N–H and O–H groups in total. The molecule has 1 aliphatic carbocycles. The molecule has 0 atom stereocenters. The molecule has 2 heterocycles. The fourth-order valence-corrected chi connectivity index (χ4v) is 4.58. The normalized spacial score (nSPS) is 19.2. The van der Waals surface area contributed by atoms with Crippen LogP contribution in [0.15, 0.2) is 11.6 Å². The zero-order chi connectivity index (χ0) is 21.0. The highest BCUT2D eigenvalue weighted by molar-refractivity contribution is 6.01. The molecule has 0 bridgehead atoms. The van der Waals surface area contributed by atoms with Gasteiger partial charge < -0.3 is 14.2 Å². The Morgan fingerprint density at radius 2 is 1.83 bits per heavy atom. The number of nitrogens with zero attached hydrogens (tertiary/aromatic N) is 3. The number of piperidine rings is 1. The monoisotopic (exact) mass is 397 g/mol. The van der Waals surface area contributed by atoms with Gasteiger partial charge in [0.15, 0.2) is 0 Å². The first-order chi connectivity index (χ1) is 13.9. The summed E-state index contributed by atoms with van der Waals surface area (Å²) in [6.45, 7) is 10.8. The summed E-state index contributed by atoms with van der Waals surface area (Å²) >= 11 is 0. The SMILES string of the molecule is Cc1cc(/C=C(/C#N)C(=O)N2CCC(OC3CCCC3)CC2)c(C)n1CC(C)C. The fourth-order valence-electron chi connectivity index (χ4n) is 4.58. The van der Waals surface area contributed by atoms with Crippen LogP contribution in [0.2, 0.25) is 0 Å². The number of ether oxygens (including phenoxy) is 1. The Bertz CT molecular complexity index is 786. The van der Waals surface area contributed by atoms with Crippen LogP contribution in [0.1, 0.15) is 69.3 Å². The lowest BCUT2D eigenvalue weighted by molar-refractivity contribution is -0.130. The van der Waals surface area contributed by atoms with Gasteiger partial charge in [-0.2, -0.15) is 5.26 Å². The van der Waals surface area contributed by atoms with Crippen LogP contribution in [0.5, 0.6) is 0 Å². The number of amides is 1. The third-order valence-corrected chi connectivity index (χ3v) is 6.23. The van der Waals surface area contributed by atoms with Crippen molar-refractivity contribution in [1.82, 2.24) is 9.47 Å². The molecule has 0 radical (unpaired) electrons. The van der Waals surface area contributed by atoms with Crippen LogP contribution < -0.4 is 0 Å². The third kappa shape index (κ3) is 5.30. The average Bonchev–Trinajstić information content (AvgIpc) is 3.29. The summed E-state index contributed by atoms with van der Waals surface area (Å²) in [5.41, 5.74) is 3.47. The summed E-state index contributed by atoms with van der Waals surface area (Å²) in [5, 5.41) is 9.65. The smallest absolute Gasteiger partial charge is 0.264 e. The second kappa shape index (κ2) is 9.63. The number of rotatable bonds is 6. The molecular weight excluding hydrogens is 362 g/mol. The first-order valence-electron chi connectivity index (χ1n) is 11.1. The van der Waals surface area contributed by atoms with Crippen molar-refractivity contribution < 1.29 is 9.53 Å². The van der Waals surface area contributed by atoms with Crippen LogP contribution in [0.25, 0.3) is 6.08 Å². The predicted octanol–water partition coefficient (Wildman–Crippen LogP) is 4.62. The molecule has 1 saturated heterocycles. The van der Waals surface area contributed by atoms with Crippen molar-refractivity contribution in [3.8, 4) is 6.07 Å². The Balaban J connectivity index is 1.64. The van der Waals surface area contributed by atoms with Crippen molar-refractivity contribution in [3.05, 3.63) is 28.6 Å². The Hall–Kier alpha value is -2.06. The van der Waals surface area contributed by atoms with E-state index in [0.717, 1.165) is 36.3 Å². The molecule has 1 aliphatic heterocycles. The Labute approximate surface area is 175 Å². The summed E-state index contributed by atoms with van der Waals surface area (Å²) in [6.07, 6.45) is 9.07. The van der Waals surface area contributed by atoms with E-state index >= 15 is 0 Å². The zero-order valence-corrected chi connectivity index (χ0v) is 18.4. The number of hydrogen-bond donors (Lipinski definition) is 0. The van der Waals surface area contributed by atoms with Gasteiger partial charge in [0.05, 0.1) is 12.2 Å². The number of aromatic nitrogens is 1. The van der Waals surface area contributed by atoms with Gasteiger partial charge in [-0.05, 0) is 63.2 Å². The number of nitriles is 1. The van der Waals surface area contributed by atoms with E-state index in [0.29, 0.717) is 25.1 Å². The van der Waals surface area contributed by atoms with Gasteiger partial charge in [0, 0.05) is 31.0 Å². The van der Waals surface area contributed by atoms with Gasteiger partial charge in [0.25, 0.3) is 5.91 Å². The summed E-state index contributed by atoms with van der Waals surface area (Å²) in [4.78, 5) is 14.8. The van der Waals surface area contributed by atoms with Gasteiger partial charge >= 0.3 is 0 Å². The molecule has 2 aliphatic rings. The highest BCUT2D eigenvalue weighted by atomic mass is 16.5. The molecule has 3 rings (SSSR count). The van der Waals surface area contributed by atoms with Crippen LogP contribution in [0.4, 0.5) is 0 Å². The molecule has 5 heteroatoms. The van der Waals surface area contributed by atoms with Gasteiger partial charge in [-0.1, -0.05) is 26.7 Å². The summed E-state index contributed by atoms with van der Waals surface area (Å²) in [5.74, 6) is 0.391.